The number of nitrogens with two attached hydrogens (primary N) is 1. The molecule has 0 unspecified atom stereocenters. The summed E-state index contributed by atoms with van der Waals surface area (Å²) in [6, 6.07) is 3.63. The minimum absolute atomic E-state index is 0.0394. The molecule has 6 heteroatoms. The first-order valence-corrected chi connectivity index (χ1v) is 5.56. The van der Waals surface area contributed by atoms with Gasteiger partial charge in [0.1, 0.15) is 6.10 Å². The number of carbonyl (C=O) groups is 1. The van der Waals surface area contributed by atoms with Crippen LogP contribution in [0.2, 0.25) is 0 Å². The van der Waals surface area contributed by atoms with Crippen molar-refractivity contribution in [3.8, 4) is 0 Å². The molecule has 0 bridgehead atoms. The van der Waals surface area contributed by atoms with E-state index in [-0.39, 0.29) is 18.8 Å². The van der Waals surface area contributed by atoms with Crippen LogP contribution in [0.4, 0.5) is 13.6 Å². The number of halogens is 2. The molecule has 2 N–H and O–H groups in total. The Morgan fingerprint density at radius 2 is 2.00 bits per heavy atom. The Morgan fingerprint density at radius 1 is 1.28 bits per heavy atom. The van der Waals surface area contributed by atoms with Gasteiger partial charge in [0.15, 0.2) is 11.6 Å². The molecule has 1 aromatic carbocycles. The monoisotopic (exact) mass is 257 g/mol. The lowest BCUT2D eigenvalue weighted by atomic mass is 9.92. The number of ether oxygens (including phenoxy) is 2. The van der Waals surface area contributed by atoms with Crippen LogP contribution in [0.15, 0.2) is 18.2 Å². The van der Waals surface area contributed by atoms with Crippen molar-refractivity contribution >= 4 is 6.09 Å². The van der Waals surface area contributed by atoms with E-state index < -0.39 is 17.7 Å². The van der Waals surface area contributed by atoms with Gasteiger partial charge in [0.05, 0.1) is 12.7 Å². The van der Waals surface area contributed by atoms with Gasteiger partial charge in [0, 0.05) is 12.8 Å². The van der Waals surface area contributed by atoms with Crippen molar-refractivity contribution in [2.45, 2.75) is 31.7 Å². The fourth-order valence-corrected chi connectivity index (χ4v) is 1.76. The zero-order valence-electron chi connectivity index (χ0n) is 9.57. The number of amides is 1. The van der Waals surface area contributed by atoms with E-state index in [4.69, 9.17) is 15.2 Å². The lowest BCUT2D eigenvalue weighted by molar-refractivity contribution is -0.0801. The van der Waals surface area contributed by atoms with Crippen LogP contribution in [0, 0.1) is 11.6 Å². The Hall–Kier alpha value is -1.69. The predicted octanol–water partition coefficient (Wildman–Crippen LogP) is 2.11. The quantitative estimate of drug-likeness (QED) is 0.898. The fraction of sp³-hybridized carbons (Fsp3) is 0.417. The predicted molar refractivity (Wildman–Crippen MR) is 58.6 cm³/mol. The summed E-state index contributed by atoms with van der Waals surface area (Å²) in [6.45, 7) is 0.200. The smallest absolute Gasteiger partial charge is 0.404 e. The van der Waals surface area contributed by atoms with E-state index in [0.717, 1.165) is 12.1 Å². The van der Waals surface area contributed by atoms with Crippen molar-refractivity contribution in [2.24, 2.45) is 5.73 Å². The highest BCUT2D eigenvalue weighted by molar-refractivity contribution is 5.64. The van der Waals surface area contributed by atoms with E-state index in [0.29, 0.717) is 18.4 Å². The maximum absolute atomic E-state index is 12.9. The van der Waals surface area contributed by atoms with E-state index >= 15 is 0 Å². The molecular formula is C12H13F2NO3. The van der Waals surface area contributed by atoms with Crippen LogP contribution in [0.5, 0.6) is 0 Å². The molecule has 1 fully saturated rings. The van der Waals surface area contributed by atoms with Crippen LogP contribution in [0.25, 0.3) is 0 Å². The first-order chi connectivity index (χ1) is 8.54. The van der Waals surface area contributed by atoms with Crippen molar-refractivity contribution in [3.05, 3.63) is 35.4 Å². The fourth-order valence-electron chi connectivity index (χ4n) is 1.76. The van der Waals surface area contributed by atoms with Crippen molar-refractivity contribution in [3.63, 3.8) is 0 Å². The number of hydrogen-bond acceptors (Lipinski definition) is 3. The second kappa shape index (κ2) is 5.30. The van der Waals surface area contributed by atoms with E-state index in [1.54, 1.807) is 0 Å². The topological polar surface area (TPSA) is 61.6 Å². The van der Waals surface area contributed by atoms with Crippen molar-refractivity contribution < 1.29 is 23.0 Å². The summed E-state index contributed by atoms with van der Waals surface area (Å²) in [6.07, 6.45) is 0.123. The lowest BCUT2D eigenvalue weighted by Gasteiger charge is -2.33. The molecule has 0 aromatic heterocycles. The Kier molecular flexibility index (Phi) is 3.76. The van der Waals surface area contributed by atoms with Gasteiger partial charge in [-0.2, -0.15) is 0 Å². The summed E-state index contributed by atoms with van der Waals surface area (Å²) in [4.78, 5) is 10.4. The van der Waals surface area contributed by atoms with Gasteiger partial charge in [-0.05, 0) is 17.7 Å². The third kappa shape index (κ3) is 3.16. The molecule has 18 heavy (non-hydrogen) atoms. The molecule has 0 radical (unpaired) electrons. The Morgan fingerprint density at radius 3 is 2.61 bits per heavy atom. The largest absolute Gasteiger partial charge is 0.446 e. The molecule has 1 aliphatic rings. The molecule has 0 atom stereocenters. The molecule has 1 saturated carbocycles. The molecule has 0 heterocycles. The highest BCUT2D eigenvalue weighted by Gasteiger charge is 2.32. The van der Waals surface area contributed by atoms with Crippen LogP contribution in [0.1, 0.15) is 18.4 Å². The van der Waals surface area contributed by atoms with Crippen LogP contribution >= 0.6 is 0 Å². The standard InChI is InChI=1S/C12H13F2NO3/c13-10-2-1-7(3-11(10)14)6-17-8-4-9(5-8)18-12(15)16/h1-3,8-9H,4-6H2,(H2,15,16). The van der Waals surface area contributed by atoms with Gasteiger partial charge in [-0.25, -0.2) is 13.6 Å². The van der Waals surface area contributed by atoms with Crippen LogP contribution in [0.3, 0.4) is 0 Å². The van der Waals surface area contributed by atoms with E-state index in [1.807, 2.05) is 0 Å². The van der Waals surface area contributed by atoms with Crippen LogP contribution in [-0.4, -0.2) is 18.3 Å². The minimum atomic E-state index is -0.889. The van der Waals surface area contributed by atoms with Crippen LogP contribution in [-0.2, 0) is 16.1 Å². The number of primary amides is 1. The second-order valence-electron chi connectivity index (χ2n) is 4.21. The number of hydrogen-bond donors (Lipinski definition) is 1. The molecule has 98 valence electrons. The van der Waals surface area contributed by atoms with E-state index in [1.165, 1.54) is 6.07 Å². The first-order valence-electron chi connectivity index (χ1n) is 5.56. The highest BCUT2D eigenvalue weighted by atomic mass is 19.2. The Labute approximate surface area is 103 Å². The summed E-state index contributed by atoms with van der Waals surface area (Å²) in [5.41, 5.74) is 5.43. The number of rotatable bonds is 4. The molecule has 0 aliphatic heterocycles. The highest BCUT2D eigenvalue weighted by Crippen LogP contribution is 2.27. The van der Waals surface area contributed by atoms with Gasteiger partial charge >= 0.3 is 6.09 Å². The molecule has 0 saturated heterocycles. The van der Waals surface area contributed by atoms with Crippen molar-refractivity contribution in [1.82, 2.24) is 0 Å². The SMILES string of the molecule is NC(=O)OC1CC(OCc2ccc(F)c(F)c2)C1. The van der Waals surface area contributed by atoms with Crippen molar-refractivity contribution in [1.29, 1.82) is 0 Å². The summed E-state index contributed by atoms with van der Waals surface area (Å²) < 4.78 is 35.8. The summed E-state index contributed by atoms with van der Waals surface area (Å²) in [5.74, 6) is -1.77. The van der Waals surface area contributed by atoms with E-state index in [2.05, 4.69) is 0 Å². The molecule has 2 rings (SSSR count). The lowest BCUT2D eigenvalue weighted by Crippen LogP contribution is -2.39. The van der Waals surface area contributed by atoms with E-state index in [9.17, 15) is 13.6 Å². The molecule has 1 aromatic rings. The number of benzene rings is 1. The summed E-state index contributed by atoms with van der Waals surface area (Å²) >= 11 is 0. The molecular weight excluding hydrogens is 244 g/mol. The molecule has 1 aliphatic carbocycles. The Bertz CT molecular complexity index is 447. The molecule has 0 spiro atoms. The zero-order chi connectivity index (χ0) is 13.1. The van der Waals surface area contributed by atoms with Crippen molar-refractivity contribution in [2.75, 3.05) is 0 Å². The van der Waals surface area contributed by atoms with Gasteiger partial charge in [0.2, 0.25) is 0 Å². The third-order valence-electron chi connectivity index (χ3n) is 2.80. The number of carbonyl (C=O) groups excluding carboxylic acids is 1. The third-order valence-corrected chi connectivity index (χ3v) is 2.80. The summed E-state index contributed by atoms with van der Waals surface area (Å²) in [5, 5.41) is 0. The maximum Gasteiger partial charge on any atom is 0.404 e. The van der Waals surface area contributed by atoms with Gasteiger partial charge < -0.3 is 15.2 Å². The van der Waals surface area contributed by atoms with Gasteiger partial charge in [0.25, 0.3) is 0 Å². The molecule has 4 nitrogen and oxygen atoms in total. The first kappa shape index (κ1) is 12.8. The molecule has 1 amide bonds. The minimum Gasteiger partial charge on any atom is -0.446 e. The Balaban J connectivity index is 1.73. The van der Waals surface area contributed by atoms with Gasteiger partial charge in [-0.15, -0.1) is 0 Å². The maximum atomic E-state index is 12.9. The average Bonchev–Trinajstić information content (AvgIpc) is 2.25. The normalized spacial score (nSPS) is 22.3. The zero-order valence-corrected chi connectivity index (χ0v) is 9.57. The van der Waals surface area contributed by atoms with Gasteiger partial charge in [-0.3, -0.25) is 0 Å². The van der Waals surface area contributed by atoms with Gasteiger partial charge in [-0.1, -0.05) is 6.07 Å². The summed E-state index contributed by atoms with van der Waals surface area (Å²) in [7, 11) is 0. The average molecular weight is 257 g/mol. The van der Waals surface area contributed by atoms with Crippen LogP contribution < -0.4 is 5.73 Å². The second-order valence-corrected chi connectivity index (χ2v) is 4.21.